The van der Waals surface area contributed by atoms with Gasteiger partial charge in [-0.2, -0.15) is 5.26 Å². The Morgan fingerprint density at radius 3 is 2.00 bits per heavy atom. The molecule has 0 radical (unpaired) electrons. The third-order valence-electron chi connectivity index (χ3n) is 6.72. The molecule has 0 spiro atoms. The molecule has 196 valence electrons. The fraction of sp³-hybridized carbons (Fsp3) is 0.500. The highest BCUT2D eigenvalue weighted by molar-refractivity contribution is 5.54. The normalized spacial score (nSPS) is 13.2. The summed E-state index contributed by atoms with van der Waals surface area (Å²) in [6.07, 6.45) is 3.35. The van der Waals surface area contributed by atoms with Gasteiger partial charge in [0.2, 0.25) is 12.2 Å². The van der Waals surface area contributed by atoms with Crippen LogP contribution in [0.4, 0.5) is 0 Å². The van der Waals surface area contributed by atoms with Crippen molar-refractivity contribution >= 4 is 6.41 Å². The van der Waals surface area contributed by atoms with Crippen LogP contribution in [0.2, 0.25) is 0 Å². The number of ether oxygens (including phenoxy) is 5. The molecule has 8 heteroatoms. The second kappa shape index (κ2) is 13.5. The van der Waals surface area contributed by atoms with Crippen molar-refractivity contribution in [2.75, 3.05) is 35.5 Å². The topological polar surface area (TPSA) is 99.0 Å². The first-order valence-corrected chi connectivity index (χ1v) is 12.0. The number of benzene rings is 2. The van der Waals surface area contributed by atoms with Crippen LogP contribution in [0.15, 0.2) is 30.3 Å². The van der Waals surface area contributed by atoms with Gasteiger partial charge in [0.15, 0.2) is 23.0 Å². The fourth-order valence-corrected chi connectivity index (χ4v) is 4.64. The quantitative estimate of drug-likeness (QED) is 0.356. The zero-order valence-corrected chi connectivity index (χ0v) is 22.3. The van der Waals surface area contributed by atoms with Gasteiger partial charge in [0.25, 0.3) is 0 Å². The number of nitriles is 1. The average molecular weight is 499 g/mol. The Balaban J connectivity index is 2.25. The van der Waals surface area contributed by atoms with E-state index >= 15 is 0 Å². The summed E-state index contributed by atoms with van der Waals surface area (Å²) < 4.78 is 27.2. The molecule has 0 aliphatic heterocycles. The lowest BCUT2D eigenvalue weighted by molar-refractivity contribution is -0.110. The molecule has 0 aliphatic carbocycles. The first-order valence-electron chi connectivity index (χ1n) is 12.0. The molecule has 1 N–H and O–H groups in total. The van der Waals surface area contributed by atoms with Crippen molar-refractivity contribution in [3.8, 4) is 34.8 Å². The van der Waals surface area contributed by atoms with Crippen LogP contribution in [-0.2, 0) is 16.6 Å². The van der Waals surface area contributed by atoms with Crippen molar-refractivity contribution in [2.24, 2.45) is 5.92 Å². The molecule has 2 aromatic rings. The molecule has 0 bridgehead atoms. The number of nitrogens with one attached hydrogen (secondary N) is 1. The third kappa shape index (κ3) is 6.34. The zero-order chi connectivity index (χ0) is 26.7. The van der Waals surface area contributed by atoms with Crippen LogP contribution in [-0.4, -0.2) is 48.0 Å². The maximum atomic E-state index is 11.4. The summed E-state index contributed by atoms with van der Waals surface area (Å²) >= 11 is 0. The highest BCUT2D eigenvalue weighted by Crippen LogP contribution is 2.41. The van der Waals surface area contributed by atoms with Gasteiger partial charge in [-0.05, 0) is 67.0 Å². The van der Waals surface area contributed by atoms with E-state index in [0.717, 1.165) is 24.0 Å². The van der Waals surface area contributed by atoms with E-state index in [0.29, 0.717) is 48.0 Å². The zero-order valence-electron chi connectivity index (χ0n) is 22.3. The van der Waals surface area contributed by atoms with E-state index in [9.17, 15) is 10.1 Å². The summed E-state index contributed by atoms with van der Waals surface area (Å²) in [5.74, 6) is 2.93. The van der Waals surface area contributed by atoms with Gasteiger partial charge in [-0.3, -0.25) is 4.79 Å². The van der Waals surface area contributed by atoms with Gasteiger partial charge in [0.1, 0.15) is 0 Å². The van der Waals surface area contributed by atoms with E-state index < -0.39 is 5.41 Å². The third-order valence-corrected chi connectivity index (χ3v) is 6.72. The Hall–Kier alpha value is -3.60. The number of amides is 1. The van der Waals surface area contributed by atoms with Gasteiger partial charge in [0.05, 0.1) is 47.0 Å². The van der Waals surface area contributed by atoms with Gasteiger partial charge in [-0.15, -0.1) is 0 Å². The summed E-state index contributed by atoms with van der Waals surface area (Å²) in [5, 5.41) is 13.3. The predicted octanol–water partition coefficient (Wildman–Crippen LogP) is 4.67. The minimum Gasteiger partial charge on any atom is -0.493 e. The Labute approximate surface area is 214 Å². The van der Waals surface area contributed by atoms with Crippen LogP contribution < -0.4 is 29.0 Å². The number of hydrogen-bond donors (Lipinski definition) is 1. The van der Waals surface area contributed by atoms with Crippen molar-refractivity contribution in [1.29, 1.82) is 5.26 Å². The summed E-state index contributed by atoms with van der Waals surface area (Å²) in [6, 6.07) is 11.9. The van der Waals surface area contributed by atoms with E-state index in [1.54, 1.807) is 35.5 Å². The van der Waals surface area contributed by atoms with Crippen molar-refractivity contribution in [2.45, 2.75) is 51.0 Å². The maximum absolute atomic E-state index is 11.4. The summed E-state index contributed by atoms with van der Waals surface area (Å²) in [6.45, 7) is 4.11. The molecule has 0 fully saturated rings. The Bertz CT molecular complexity index is 1020. The highest BCUT2D eigenvalue weighted by Gasteiger charge is 2.36. The molecule has 0 aliphatic rings. The molecule has 0 saturated carbocycles. The second-order valence-corrected chi connectivity index (χ2v) is 8.92. The monoisotopic (exact) mass is 498 g/mol. The Kier molecular flexibility index (Phi) is 10.7. The highest BCUT2D eigenvalue weighted by atomic mass is 16.5. The number of hydrogen-bond acceptors (Lipinski definition) is 7. The van der Waals surface area contributed by atoms with Gasteiger partial charge in [-0.25, -0.2) is 0 Å². The van der Waals surface area contributed by atoms with E-state index in [1.165, 1.54) is 0 Å². The smallest absolute Gasteiger partial charge is 0.207 e. The first-order chi connectivity index (χ1) is 17.3. The lowest BCUT2D eigenvalue weighted by Gasteiger charge is -2.32. The summed E-state index contributed by atoms with van der Waals surface area (Å²) in [4.78, 5) is 11.4. The molecule has 36 heavy (non-hydrogen) atoms. The number of nitrogens with zero attached hydrogens (tertiary/aromatic N) is 1. The van der Waals surface area contributed by atoms with Crippen molar-refractivity contribution in [3.63, 3.8) is 0 Å². The van der Waals surface area contributed by atoms with Crippen molar-refractivity contribution in [3.05, 3.63) is 41.5 Å². The molecule has 2 rings (SSSR count). The molecule has 0 heterocycles. The molecule has 1 amide bonds. The molecule has 0 saturated heterocycles. The standard InChI is InChI=1S/C28H38N2O6/c1-19(2)28(17-29,21-10-11-23(32-3)24(16-21)33-4)12-8-9-22(30-18-31)13-20-14-25(34-5)27(36-7)26(15-20)35-6/h10-11,14-16,18-19,22H,8-9,12-13H2,1-7H3,(H,30,31)/t22-,28+/m0/s1. The van der Waals surface area contributed by atoms with Crippen LogP contribution in [0.5, 0.6) is 28.7 Å². The van der Waals surface area contributed by atoms with Crippen LogP contribution in [0, 0.1) is 17.2 Å². The number of methoxy groups -OCH3 is 5. The predicted molar refractivity (Wildman–Crippen MR) is 138 cm³/mol. The molecule has 0 aromatic heterocycles. The van der Waals surface area contributed by atoms with Crippen LogP contribution in [0.1, 0.15) is 44.2 Å². The van der Waals surface area contributed by atoms with E-state index in [1.807, 2.05) is 30.3 Å². The van der Waals surface area contributed by atoms with Gasteiger partial charge >= 0.3 is 0 Å². The van der Waals surface area contributed by atoms with E-state index in [4.69, 9.17) is 23.7 Å². The summed E-state index contributed by atoms with van der Waals surface area (Å²) in [5.41, 5.74) is 1.12. The first kappa shape index (κ1) is 28.6. The minimum absolute atomic E-state index is 0.0631. The second-order valence-electron chi connectivity index (χ2n) is 8.92. The van der Waals surface area contributed by atoms with E-state index in [-0.39, 0.29) is 12.0 Å². The molecular weight excluding hydrogens is 460 g/mol. The van der Waals surface area contributed by atoms with Crippen molar-refractivity contribution in [1.82, 2.24) is 5.32 Å². The molecule has 8 nitrogen and oxygen atoms in total. The van der Waals surface area contributed by atoms with Gasteiger partial charge in [-0.1, -0.05) is 19.9 Å². The van der Waals surface area contributed by atoms with Crippen molar-refractivity contribution < 1.29 is 28.5 Å². The molecule has 0 unspecified atom stereocenters. The molecule has 2 atom stereocenters. The number of carbonyl (C=O) groups excluding carboxylic acids is 1. The maximum Gasteiger partial charge on any atom is 0.207 e. The lowest BCUT2D eigenvalue weighted by atomic mass is 9.69. The van der Waals surface area contributed by atoms with Crippen LogP contribution in [0.3, 0.4) is 0 Å². The Morgan fingerprint density at radius 1 is 0.917 bits per heavy atom. The van der Waals surface area contributed by atoms with Gasteiger partial charge in [0, 0.05) is 6.04 Å². The lowest BCUT2D eigenvalue weighted by Crippen LogP contribution is -2.33. The van der Waals surface area contributed by atoms with Crippen LogP contribution >= 0.6 is 0 Å². The van der Waals surface area contributed by atoms with Gasteiger partial charge < -0.3 is 29.0 Å². The number of carbonyl (C=O) groups is 1. The largest absolute Gasteiger partial charge is 0.493 e. The fourth-order valence-electron chi connectivity index (χ4n) is 4.64. The summed E-state index contributed by atoms with van der Waals surface area (Å²) in [7, 11) is 7.88. The minimum atomic E-state index is -0.710. The Morgan fingerprint density at radius 2 is 1.53 bits per heavy atom. The average Bonchev–Trinajstić information content (AvgIpc) is 2.89. The SMILES string of the molecule is COc1ccc([C@@](C#N)(CCC[C@@H](Cc2cc(OC)c(OC)c(OC)c2)NC=O)C(C)C)cc1OC. The molecule has 2 aromatic carbocycles. The van der Waals surface area contributed by atoms with E-state index in [2.05, 4.69) is 25.2 Å². The molecular formula is C28H38N2O6. The van der Waals surface area contributed by atoms with Crippen LogP contribution in [0.25, 0.3) is 0 Å². The number of rotatable bonds is 15.